The average Bonchev–Trinajstić information content (AvgIpc) is 2.81. The van der Waals surface area contributed by atoms with Crippen LogP contribution >= 0.6 is 0 Å². The minimum Gasteiger partial charge on any atom is -0.486 e. The number of ether oxygens (including phenoxy) is 1. The van der Waals surface area contributed by atoms with Crippen LogP contribution in [0, 0.1) is 0 Å². The SMILES string of the molecule is Cn1cnnc1COc1ccc2c(c1)NC(=O)CC2. The Balaban J connectivity index is 1.74. The van der Waals surface area contributed by atoms with E-state index in [1.54, 1.807) is 10.9 Å². The zero-order valence-corrected chi connectivity index (χ0v) is 10.6. The summed E-state index contributed by atoms with van der Waals surface area (Å²) in [6.07, 6.45) is 2.96. The van der Waals surface area contributed by atoms with E-state index in [0.717, 1.165) is 23.5 Å². The molecule has 0 spiro atoms. The summed E-state index contributed by atoms with van der Waals surface area (Å²) in [7, 11) is 1.87. The van der Waals surface area contributed by atoms with E-state index in [1.165, 1.54) is 0 Å². The van der Waals surface area contributed by atoms with Crippen molar-refractivity contribution in [1.82, 2.24) is 14.8 Å². The number of hydrogen-bond acceptors (Lipinski definition) is 4. The molecule has 0 fully saturated rings. The number of amides is 1. The molecule has 19 heavy (non-hydrogen) atoms. The molecule has 1 aromatic carbocycles. The van der Waals surface area contributed by atoms with Crippen molar-refractivity contribution < 1.29 is 9.53 Å². The summed E-state index contributed by atoms with van der Waals surface area (Å²) in [4.78, 5) is 11.4. The second kappa shape index (κ2) is 4.72. The van der Waals surface area contributed by atoms with Crippen LogP contribution in [0.1, 0.15) is 17.8 Å². The number of anilines is 1. The standard InChI is InChI=1S/C13H14N4O2/c1-17-8-14-16-12(17)7-19-10-4-2-9-3-5-13(18)15-11(9)6-10/h2,4,6,8H,3,5,7H2,1H3,(H,15,18). The highest BCUT2D eigenvalue weighted by Crippen LogP contribution is 2.27. The lowest BCUT2D eigenvalue weighted by Gasteiger charge is -2.17. The highest BCUT2D eigenvalue weighted by atomic mass is 16.5. The number of hydrogen-bond donors (Lipinski definition) is 1. The first-order valence-corrected chi connectivity index (χ1v) is 6.11. The molecule has 2 aromatic rings. The number of benzene rings is 1. The molecule has 1 N–H and O–H groups in total. The molecule has 1 aliphatic rings. The van der Waals surface area contributed by atoms with Gasteiger partial charge in [-0.15, -0.1) is 10.2 Å². The second-order valence-electron chi connectivity index (χ2n) is 4.51. The van der Waals surface area contributed by atoms with Crippen LogP contribution in [0.3, 0.4) is 0 Å². The van der Waals surface area contributed by atoms with Crippen molar-refractivity contribution in [2.45, 2.75) is 19.4 Å². The van der Waals surface area contributed by atoms with Crippen molar-refractivity contribution >= 4 is 11.6 Å². The lowest BCUT2D eigenvalue weighted by molar-refractivity contribution is -0.116. The van der Waals surface area contributed by atoms with Gasteiger partial charge in [-0.25, -0.2) is 0 Å². The van der Waals surface area contributed by atoms with Gasteiger partial charge in [-0.05, 0) is 18.1 Å². The summed E-state index contributed by atoms with van der Waals surface area (Å²) in [5.41, 5.74) is 1.98. The molecular formula is C13H14N4O2. The van der Waals surface area contributed by atoms with Crippen LogP contribution in [0.15, 0.2) is 24.5 Å². The van der Waals surface area contributed by atoms with E-state index in [2.05, 4.69) is 15.5 Å². The molecule has 1 aliphatic heterocycles. The molecule has 6 heteroatoms. The fraction of sp³-hybridized carbons (Fsp3) is 0.308. The number of nitrogens with one attached hydrogen (secondary N) is 1. The second-order valence-corrected chi connectivity index (χ2v) is 4.51. The fourth-order valence-electron chi connectivity index (χ4n) is 2.03. The molecule has 0 bridgehead atoms. The van der Waals surface area contributed by atoms with E-state index in [0.29, 0.717) is 18.8 Å². The summed E-state index contributed by atoms with van der Waals surface area (Å²) < 4.78 is 7.46. The Labute approximate surface area is 110 Å². The lowest BCUT2D eigenvalue weighted by atomic mass is 10.0. The van der Waals surface area contributed by atoms with Gasteiger partial charge in [-0.1, -0.05) is 6.07 Å². The Morgan fingerprint density at radius 3 is 3.11 bits per heavy atom. The van der Waals surface area contributed by atoms with Gasteiger partial charge in [-0.2, -0.15) is 0 Å². The van der Waals surface area contributed by atoms with Crippen molar-refractivity contribution in [3.05, 3.63) is 35.9 Å². The van der Waals surface area contributed by atoms with E-state index in [4.69, 9.17) is 4.74 Å². The number of carbonyl (C=O) groups excluding carboxylic acids is 1. The highest BCUT2D eigenvalue weighted by molar-refractivity contribution is 5.94. The van der Waals surface area contributed by atoms with Crippen LogP contribution in [0.2, 0.25) is 0 Å². The third-order valence-electron chi connectivity index (χ3n) is 3.15. The molecule has 0 radical (unpaired) electrons. The quantitative estimate of drug-likeness (QED) is 0.900. The Kier molecular flexibility index (Phi) is 2.91. The van der Waals surface area contributed by atoms with Crippen molar-refractivity contribution in [3.63, 3.8) is 0 Å². The van der Waals surface area contributed by atoms with Crippen LogP contribution in [0.4, 0.5) is 5.69 Å². The monoisotopic (exact) mass is 258 g/mol. The number of fused-ring (bicyclic) bond motifs is 1. The fourth-order valence-corrected chi connectivity index (χ4v) is 2.03. The van der Waals surface area contributed by atoms with E-state index in [-0.39, 0.29) is 5.91 Å². The molecule has 0 aliphatic carbocycles. The number of rotatable bonds is 3. The van der Waals surface area contributed by atoms with Gasteiger partial charge >= 0.3 is 0 Å². The van der Waals surface area contributed by atoms with Gasteiger partial charge in [-0.3, -0.25) is 4.79 Å². The van der Waals surface area contributed by atoms with Crippen LogP contribution in [-0.4, -0.2) is 20.7 Å². The summed E-state index contributed by atoms with van der Waals surface area (Å²) >= 11 is 0. The zero-order chi connectivity index (χ0) is 13.2. The van der Waals surface area contributed by atoms with Gasteiger partial charge in [0.15, 0.2) is 5.82 Å². The van der Waals surface area contributed by atoms with Crippen molar-refractivity contribution in [2.75, 3.05) is 5.32 Å². The minimum absolute atomic E-state index is 0.0537. The summed E-state index contributed by atoms with van der Waals surface area (Å²) in [5.74, 6) is 1.52. The maximum absolute atomic E-state index is 11.4. The Bertz CT molecular complexity index is 621. The summed E-state index contributed by atoms with van der Waals surface area (Å²) in [6, 6.07) is 5.75. The number of aromatic nitrogens is 3. The largest absolute Gasteiger partial charge is 0.486 e. The molecular weight excluding hydrogens is 244 g/mol. The molecule has 98 valence electrons. The Morgan fingerprint density at radius 2 is 2.32 bits per heavy atom. The number of nitrogens with zero attached hydrogens (tertiary/aromatic N) is 3. The van der Waals surface area contributed by atoms with Crippen molar-refractivity contribution in [2.24, 2.45) is 7.05 Å². The van der Waals surface area contributed by atoms with Crippen LogP contribution in [0.25, 0.3) is 0 Å². The third kappa shape index (κ3) is 2.42. The molecule has 0 saturated heterocycles. The topological polar surface area (TPSA) is 69.0 Å². The summed E-state index contributed by atoms with van der Waals surface area (Å²) in [6.45, 7) is 0.350. The molecule has 1 amide bonds. The molecule has 1 aromatic heterocycles. The minimum atomic E-state index is 0.0537. The van der Waals surface area contributed by atoms with E-state index < -0.39 is 0 Å². The van der Waals surface area contributed by atoms with Crippen molar-refractivity contribution in [3.8, 4) is 5.75 Å². The van der Waals surface area contributed by atoms with Crippen molar-refractivity contribution in [1.29, 1.82) is 0 Å². The van der Waals surface area contributed by atoms with E-state index >= 15 is 0 Å². The van der Waals surface area contributed by atoms with Gasteiger partial charge in [0, 0.05) is 25.2 Å². The highest BCUT2D eigenvalue weighted by Gasteiger charge is 2.15. The van der Waals surface area contributed by atoms with Gasteiger partial charge < -0.3 is 14.6 Å². The van der Waals surface area contributed by atoms with Gasteiger partial charge in [0.1, 0.15) is 18.7 Å². The third-order valence-corrected chi connectivity index (χ3v) is 3.15. The Morgan fingerprint density at radius 1 is 1.42 bits per heavy atom. The van der Waals surface area contributed by atoms with E-state index in [1.807, 2.05) is 25.2 Å². The van der Waals surface area contributed by atoms with Crippen LogP contribution in [0.5, 0.6) is 5.75 Å². The van der Waals surface area contributed by atoms with Crippen LogP contribution in [-0.2, 0) is 24.9 Å². The predicted octanol–water partition coefficient (Wildman–Crippen LogP) is 1.28. The first kappa shape index (κ1) is 11.7. The maximum atomic E-state index is 11.4. The first-order chi connectivity index (χ1) is 9.22. The molecule has 0 saturated carbocycles. The molecule has 2 heterocycles. The van der Waals surface area contributed by atoms with Gasteiger partial charge in [0.25, 0.3) is 0 Å². The number of aryl methyl sites for hydroxylation is 2. The molecule has 0 atom stereocenters. The average molecular weight is 258 g/mol. The maximum Gasteiger partial charge on any atom is 0.224 e. The summed E-state index contributed by atoms with van der Waals surface area (Å²) in [5, 5.41) is 10.6. The first-order valence-electron chi connectivity index (χ1n) is 6.11. The molecule has 0 unspecified atom stereocenters. The predicted molar refractivity (Wildman–Crippen MR) is 68.7 cm³/mol. The smallest absolute Gasteiger partial charge is 0.224 e. The Hall–Kier alpha value is -2.37. The normalized spacial score (nSPS) is 13.8. The van der Waals surface area contributed by atoms with Gasteiger partial charge in [0.05, 0.1) is 0 Å². The zero-order valence-electron chi connectivity index (χ0n) is 10.6. The molecule has 6 nitrogen and oxygen atoms in total. The van der Waals surface area contributed by atoms with Gasteiger partial charge in [0.2, 0.25) is 5.91 Å². The molecule has 3 rings (SSSR count). The lowest BCUT2D eigenvalue weighted by Crippen LogP contribution is -2.18. The van der Waals surface area contributed by atoms with E-state index in [9.17, 15) is 4.79 Å². The number of carbonyl (C=O) groups is 1. The van der Waals surface area contributed by atoms with Crippen LogP contribution < -0.4 is 10.1 Å².